The lowest BCUT2D eigenvalue weighted by atomic mass is 10.1. The second-order valence-electron chi connectivity index (χ2n) is 7.42. The highest BCUT2D eigenvalue weighted by Crippen LogP contribution is 2.38. The predicted molar refractivity (Wildman–Crippen MR) is 119 cm³/mol. The van der Waals surface area contributed by atoms with Gasteiger partial charge in [0.1, 0.15) is 5.75 Å². The molecule has 0 spiro atoms. The highest BCUT2D eigenvalue weighted by molar-refractivity contribution is 7.94. The first-order chi connectivity index (χ1) is 14.8. The number of benzene rings is 2. The van der Waals surface area contributed by atoms with Crippen LogP contribution in [0.5, 0.6) is 5.75 Å². The van der Waals surface area contributed by atoms with Crippen molar-refractivity contribution in [3.63, 3.8) is 0 Å². The first-order valence-electron chi connectivity index (χ1n) is 9.76. The van der Waals surface area contributed by atoms with E-state index in [2.05, 4.69) is 15.5 Å². The van der Waals surface area contributed by atoms with Crippen LogP contribution in [0.2, 0.25) is 0 Å². The van der Waals surface area contributed by atoms with Gasteiger partial charge in [0.2, 0.25) is 5.13 Å². The minimum absolute atomic E-state index is 0.100. The van der Waals surface area contributed by atoms with Gasteiger partial charge in [0, 0.05) is 6.04 Å². The molecule has 2 aromatic carbocycles. The average molecular weight is 459 g/mol. The number of aromatic nitrogens is 2. The topological polar surface area (TPSA) is 101 Å². The highest BCUT2D eigenvalue weighted by atomic mass is 32.2. The van der Waals surface area contributed by atoms with Gasteiger partial charge in [-0.25, -0.2) is 0 Å². The zero-order chi connectivity index (χ0) is 22.2. The Bertz CT molecular complexity index is 1210. The van der Waals surface area contributed by atoms with Crippen LogP contribution >= 0.6 is 11.3 Å². The van der Waals surface area contributed by atoms with Crippen molar-refractivity contribution in [1.82, 2.24) is 10.2 Å². The van der Waals surface area contributed by atoms with Crippen molar-refractivity contribution in [1.29, 1.82) is 0 Å². The number of aryl methyl sites for hydroxylation is 1. The lowest BCUT2D eigenvalue weighted by Crippen LogP contribution is -2.35. The minimum Gasteiger partial charge on any atom is -0.481 e. The van der Waals surface area contributed by atoms with E-state index in [1.807, 2.05) is 38.1 Å². The molecule has 0 aliphatic carbocycles. The summed E-state index contributed by atoms with van der Waals surface area (Å²) in [6.45, 7) is 5.39. The number of nitrogens with one attached hydrogen (secondary N) is 1. The number of rotatable bonds is 6. The summed E-state index contributed by atoms with van der Waals surface area (Å²) in [6.07, 6.45) is -0.161. The van der Waals surface area contributed by atoms with E-state index in [-0.39, 0.29) is 15.5 Å². The summed E-state index contributed by atoms with van der Waals surface area (Å²) in [4.78, 5) is 12.4. The third kappa shape index (κ3) is 4.26. The van der Waals surface area contributed by atoms with Crippen molar-refractivity contribution in [3.8, 4) is 5.75 Å². The molecule has 0 fully saturated rings. The molecule has 31 heavy (non-hydrogen) atoms. The van der Waals surface area contributed by atoms with Gasteiger partial charge in [-0.2, -0.15) is 8.42 Å². The number of carbonyl (C=O) groups excluding carboxylic acids is 1. The normalized spacial score (nSPS) is 16.6. The molecule has 10 heteroatoms. The number of nitrogens with zero attached hydrogens (tertiary/aromatic N) is 3. The molecule has 3 aromatic rings. The fourth-order valence-electron chi connectivity index (χ4n) is 3.47. The van der Waals surface area contributed by atoms with Crippen LogP contribution in [-0.2, 0) is 21.2 Å². The van der Waals surface area contributed by atoms with Gasteiger partial charge in [-0.3, -0.25) is 14.4 Å². The lowest BCUT2D eigenvalue weighted by Gasteiger charge is -2.22. The van der Waals surface area contributed by atoms with Crippen LogP contribution in [0.1, 0.15) is 25.0 Å². The molecule has 0 saturated heterocycles. The third-order valence-electron chi connectivity index (χ3n) is 4.94. The van der Waals surface area contributed by atoms with Crippen LogP contribution in [0.25, 0.3) is 0 Å². The Morgan fingerprint density at radius 1 is 1.23 bits per heavy atom. The van der Waals surface area contributed by atoms with Gasteiger partial charge in [-0.15, -0.1) is 10.2 Å². The van der Waals surface area contributed by atoms with E-state index in [4.69, 9.17) is 4.74 Å². The largest absolute Gasteiger partial charge is 0.481 e. The standard InChI is InChI=1S/C21H22N4O4S2/c1-13-9-10-16-12-14(2)25(18(16)11-13)31(27,28)21-24-23-20(30-21)22-19(26)15(3)29-17-7-5-4-6-8-17/h4-11,14-15H,12H2,1-3H3,(H,22,23,26)/t14-,15+/m1/s1. The van der Waals surface area contributed by atoms with Gasteiger partial charge in [0.05, 0.1) is 5.69 Å². The molecule has 1 N–H and O–H groups in total. The number of hydrogen-bond donors (Lipinski definition) is 1. The molecule has 1 amide bonds. The lowest BCUT2D eigenvalue weighted by molar-refractivity contribution is -0.122. The molecule has 4 rings (SSSR count). The maximum absolute atomic E-state index is 13.3. The molecule has 2 heterocycles. The monoisotopic (exact) mass is 458 g/mol. The Kier molecular flexibility index (Phi) is 5.67. The molecule has 0 saturated carbocycles. The van der Waals surface area contributed by atoms with Crippen molar-refractivity contribution in [2.75, 3.05) is 9.62 Å². The van der Waals surface area contributed by atoms with E-state index in [0.29, 0.717) is 17.9 Å². The maximum Gasteiger partial charge on any atom is 0.293 e. The van der Waals surface area contributed by atoms with Crippen molar-refractivity contribution < 1.29 is 17.9 Å². The van der Waals surface area contributed by atoms with E-state index in [1.54, 1.807) is 31.2 Å². The SMILES string of the molecule is Cc1ccc2c(c1)N(S(=O)(=O)c1nnc(NC(=O)[C@H](C)Oc3ccccc3)s1)[C@H](C)C2. The number of anilines is 2. The number of hydrogen-bond acceptors (Lipinski definition) is 7. The van der Waals surface area contributed by atoms with Crippen LogP contribution in [0.4, 0.5) is 10.8 Å². The van der Waals surface area contributed by atoms with E-state index in [0.717, 1.165) is 22.5 Å². The molecule has 0 bridgehead atoms. The summed E-state index contributed by atoms with van der Waals surface area (Å²) < 4.78 is 33.4. The van der Waals surface area contributed by atoms with Gasteiger partial charge in [-0.05, 0) is 56.5 Å². The Morgan fingerprint density at radius 2 is 1.97 bits per heavy atom. The molecule has 162 valence electrons. The van der Waals surface area contributed by atoms with Crippen LogP contribution < -0.4 is 14.4 Å². The molecule has 8 nitrogen and oxygen atoms in total. The average Bonchev–Trinajstić information content (AvgIpc) is 3.32. The number of carbonyl (C=O) groups is 1. The summed E-state index contributed by atoms with van der Waals surface area (Å²) in [7, 11) is -3.91. The molecular weight excluding hydrogens is 436 g/mol. The Morgan fingerprint density at radius 3 is 2.71 bits per heavy atom. The van der Waals surface area contributed by atoms with Gasteiger partial charge in [0.25, 0.3) is 20.3 Å². The molecule has 2 atom stereocenters. The number of amides is 1. The first kappa shape index (κ1) is 21.3. The highest BCUT2D eigenvalue weighted by Gasteiger charge is 2.38. The molecule has 1 aliphatic heterocycles. The minimum atomic E-state index is -3.91. The Balaban J connectivity index is 1.51. The van der Waals surface area contributed by atoms with Gasteiger partial charge >= 0.3 is 0 Å². The Labute approximate surface area is 184 Å². The molecule has 1 aliphatic rings. The van der Waals surface area contributed by atoms with Crippen LogP contribution in [-0.4, -0.2) is 36.7 Å². The second kappa shape index (κ2) is 8.27. The van der Waals surface area contributed by atoms with Gasteiger partial charge < -0.3 is 4.74 Å². The van der Waals surface area contributed by atoms with Crippen LogP contribution in [0.3, 0.4) is 0 Å². The zero-order valence-corrected chi connectivity index (χ0v) is 18.9. The predicted octanol–water partition coefficient (Wildman–Crippen LogP) is 3.39. The van der Waals surface area contributed by atoms with Crippen LogP contribution in [0, 0.1) is 6.92 Å². The van der Waals surface area contributed by atoms with Crippen molar-refractivity contribution in [3.05, 3.63) is 59.7 Å². The van der Waals surface area contributed by atoms with E-state index >= 15 is 0 Å². The summed E-state index contributed by atoms with van der Waals surface area (Å²) in [5.74, 6) is 0.113. The van der Waals surface area contributed by atoms with Crippen LogP contribution in [0.15, 0.2) is 52.9 Å². The number of fused-ring (bicyclic) bond motifs is 1. The van der Waals surface area contributed by atoms with E-state index < -0.39 is 22.0 Å². The summed E-state index contributed by atoms with van der Waals surface area (Å²) in [6, 6.07) is 14.5. The maximum atomic E-state index is 13.3. The Hall–Kier alpha value is -2.98. The number of sulfonamides is 1. The second-order valence-corrected chi connectivity index (χ2v) is 10.4. The van der Waals surface area contributed by atoms with Crippen molar-refractivity contribution in [2.24, 2.45) is 0 Å². The smallest absolute Gasteiger partial charge is 0.293 e. The first-order valence-corrected chi connectivity index (χ1v) is 12.0. The molecule has 1 aromatic heterocycles. The fourth-order valence-corrected chi connectivity index (χ4v) is 6.14. The summed E-state index contributed by atoms with van der Waals surface area (Å²) in [5.41, 5.74) is 2.62. The molecule has 0 radical (unpaired) electrons. The number of ether oxygens (including phenoxy) is 1. The van der Waals surface area contributed by atoms with E-state index in [1.165, 1.54) is 4.31 Å². The van der Waals surface area contributed by atoms with E-state index in [9.17, 15) is 13.2 Å². The van der Waals surface area contributed by atoms with Crippen molar-refractivity contribution >= 4 is 38.1 Å². The fraction of sp³-hybridized carbons (Fsp3) is 0.286. The van der Waals surface area contributed by atoms with Gasteiger partial charge in [0.15, 0.2) is 6.10 Å². The third-order valence-corrected chi connectivity index (χ3v) is 8.05. The summed E-state index contributed by atoms with van der Waals surface area (Å²) in [5, 5.41) is 10.4. The zero-order valence-electron chi connectivity index (χ0n) is 17.3. The van der Waals surface area contributed by atoms with Crippen molar-refractivity contribution in [2.45, 2.75) is 43.7 Å². The van der Waals surface area contributed by atoms with Gasteiger partial charge in [-0.1, -0.05) is 41.7 Å². The quantitative estimate of drug-likeness (QED) is 0.568. The molecule has 0 unspecified atom stereocenters. The molecular formula is C21H22N4O4S2. The summed E-state index contributed by atoms with van der Waals surface area (Å²) >= 11 is 0.820. The number of para-hydroxylation sites is 1.